The second kappa shape index (κ2) is 4.58. The zero-order chi connectivity index (χ0) is 11.5. The summed E-state index contributed by atoms with van der Waals surface area (Å²) in [5.74, 6) is 0.407. The van der Waals surface area contributed by atoms with Crippen molar-refractivity contribution in [1.29, 1.82) is 0 Å². The smallest absolute Gasteiger partial charge is 0.134 e. The Labute approximate surface area is 100 Å². The molecule has 0 aromatic heterocycles. The highest BCUT2D eigenvalue weighted by atomic mass is 35.5. The molecule has 2 rings (SSSR count). The summed E-state index contributed by atoms with van der Waals surface area (Å²) in [6.45, 7) is 2.12. The van der Waals surface area contributed by atoms with Gasteiger partial charge in [-0.05, 0) is 23.3 Å². The quantitative estimate of drug-likeness (QED) is 0.823. The maximum atomic E-state index is 9.36. The van der Waals surface area contributed by atoms with E-state index in [1.54, 1.807) is 6.07 Å². The third-order valence-corrected chi connectivity index (χ3v) is 3.07. The van der Waals surface area contributed by atoms with Gasteiger partial charge in [0, 0.05) is 5.92 Å². The minimum atomic E-state index is 0.130. The first-order valence-electron chi connectivity index (χ1n) is 5.22. The molecule has 0 aliphatic rings. The molecule has 1 atom stereocenters. The molecule has 2 heteroatoms. The van der Waals surface area contributed by atoms with E-state index in [1.165, 1.54) is 5.56 Å². The third-order valence-electron chi connectivity index (χ3n) is 2.77. The zero-order valence-electron chi connectivity index (χ0n) is 9.02. The standard InChI is InChI=1S/C14H13ClO/c1-10(11-5-3-2-4-6-11)12-7-8-14(16)13(15)9-12/h2-10,16H,1H3. The van der Waals surface area contributed by atoms with E-state index in [1.807, 2.05) is 30.3 Å². The van der Waals surface area contributed by atoms with Crippen molar-refractivity contribution in [2.45, 2.75) is 12.8 Å². The lowest BCUT2D eigenvalue weighted by Crippen LogP contribution is -1.95. The van der Waals surface area contributed by atoms with Gasteiger partial charge < -0.3 is 5.11 Å². The van der Waals surface area contributed by atoms with Gasteiger partial charge in [0.25, 0.3) is 0 Å². The molecule has 0 aliphatic heterocycles. The number of benzene rings is 2. The molecule has 0 amide bonds. The topological polar surface area (TPSA) is 20.2 Å². The molecular weight excluding hydrogens is 220 g/mol. The molecule has 82 valence electrons. The number of aromatic hydroxyl groups is 1. The summed E-state index contributed by atoms with van der Waals surface area (Å²) >= 11 is 5.90. The molecule has 0 bridgehead atoms. The van der Waals surface area contributed by atoms with Gasteiger partial charge in [0.05, 0.1) is 5.02 Å². The summed E-state index contributed by atoms with van der Waals surface area (Å²) < 4.78 is 0. The van der Waals surface area contributed by atoms with Crippen molar-refractivity contribution in [3.8, 4) is 5.75 Å². The van der Waals surface area contributed by atoms with E-state index in [2.05, 4.69) is 19.1 Å². The van der Waals surface area contributed by atoms with Gasteiger partial charge in [-0.15, -0.1) is 0 Å². The lowest BCUT2D eigenvalue weighted by Gasteiger charge is -2.12. The molecule has 16 heavy (non-hydrogen) atoms. The van der Waals surface area contributed by atoms with Gasteiger partial charge in [-0.3, -0.25) is 0 Å². The van der Waals surface area contributed by atoms with Crippen LogP contribution in [0.3, 0.4) is 0 Å². The highest BCUT2D eigenvalue weighted by molar-refractivity contribution is 6.32. The number of phenolic OH excluding ortho intramolecular Hbond substituents is 1. The molecule has 1 N–H and O–H groups in total. The molecule has 2 aromatic rings. The molecule has 2 aromatic carbocycles. The predicted molar refractivity (Wildman–Crippen MR) is 67.1 cm³/mol. The molecule has 1 nitrogen and oxygen atoms in total. The van der Waals surface area contributed by atoms with Gasteiger partial charge in [0.15, 0.2) is 0 Å². The second-order valence-electron chi connectivity index (χ2n) is 3.84. The fraction of sp³-hybridized carbons (Fsp3) is 0.143. The van der Waals surface area contributed by atoms with Crippen LogP contribution in [0.25, 0.3) is 0 Å². The van der Waals surface area contributed by atoms with Crippen LogP contribution in [0.4, 0.5) is 0 Å². The van der Waals surface area contributed by atoms with Crippen molar-refractivity contribution in [2.75, 3.05) is 0 Å². The van der Waals surface area contributed by atoms with E-state index in [4.69, 9.17) is 11.6 Å². The first kappa shape index (κ1) is 11.0. The fourth-order valence-electron chi connectivity index (χ4n) is 1.73. The Morgan fingerprint density at radius 2 is 1.69 bits per heavy atom. The Hall–Kier alpha value is -1.47. The summed E-state index contributed by atoms with van der Waals surface area (Å²) in [6, 6.07) is 15.6. The Morgan fingerprint density at radius 1 is 1.00 bits per heavy atom. The van der Waals surface area contributed by atoms with Crippen molar-refractivity contribution < 1.29 is 5.11 Å². The van der Waals surface area contributed by atoms with Crippen molar-refractivity contribution >= 4 is 11.6 Å². The molecule has 0 saturated heterocycles. The summed E-state index contributed by atoms with van der Waals surface area (Å²) in [7, 11) is 0. The highest BCUT2D eigenvalue weighted by Crippen LogP contribution is 2.30. The number of halogens is 1. The maximum Gasteiger partial charge on any atom is 0.134 e. The van der Waals surface area contributed by atoms with Crippen LogP contribution >= 0.6 is 11.6 Å². The van der Waals surface area contributed by atoms with E-state index in [-0.39, 0.29) is 11.7 Å². The summed E-state index contributed by atoms with van der Waals surface area (Å²) in [4.78, 5) is 0. The third kappa shape index (κ3) is 2.20. The Kier molecular flexibility index (Phi) is 3.16. The normalized spacial score (nSPS) is 12.4. The predicted octanol–water partition coefficient (Wildman–Crippen LogP) is 4.20. The van der Waals surface area contributed by atoms with Gasteiger partial charge in [0.2, 0.25) is 0 Å². The number of phenols is 1. The largest absolute Gasteiger partial charge is 0.506 e. The second-order valence-corrected chi connectivity index (χ2v) is 4.25. The van der Waals surface area contributed by atoms with Gasteiger partial charge in [-0.25, -0.2) is 0 Å². The van der Waals surface area contributed by atoms with Crippen LogP contribution < -0.4 is 0 Å². The zero-order valence-corrected chi connectivity index (χ0v) is 9.78. The molecular formula is C14H13ClO. The Morgan fingerprint density at radius 3 is 2.31 bits per heavy atom. The van der Waals surface area contributed by atoms with Crippen molar-refractivity contribution in [2.24, 2.45) is 0 Å². The van der Waals surface area contributed by atoms with Crippen molar-refractivity contribution in [1.82, 2.24) is 0 Å². The van der Waals surface area contributed by atoms with Crippen LogP contribution in [0.15, 0.2) is 48.5 Å². The summed E-state index contributed by atoms with van der Waals surface area (Å²) in [6.07, 6.45) is 0. The van der Waals surface area contributed by atoms with E-state index in [0.717, 1.165) is 5.56 Å². The van der Waals surface area contributed by atoms with Crippen LogP contribution in [0.2, 0.25) is 5.02 Å². The van der Waals surface area contributed by atoms with Crippen LogP contribution in [0.1, 0.15) is 24.0 Å². The number of hydrogen-bond donors (Lipinski definition) is 1. The lowest BCUT2D eigenvalue weighted by molar-refractivity contribution is 0.475. The number of rotatable bonds is 2. The molecule has 0 saturated carbocycles. The van der Waals surface area contributed by atoms with E-state index in [0.29, 0.717) is 5.02 Å². The Balaban J connectivity index is 2.34. The SMILES string of the molecule is CC(c1ccccc1)c1ccc(O)c(Cl)c1. The fourth-order valence-corrected chi connectivity index (χ4v) is 1.92. The lowest BCUT2D eigenvalue weighted by atomic mass is 9.93. The van der Waals surface area contributed by atoms with Gasteiger partial charge in [-0.1, -0.05) is 54.9 Å². The van der Waals surface area contributed by atoms with Crippen LogP contribution in [0.5, 0.6) is 5.75 Å². The monoisotopic (exact) mass is 232 g/mol. The molecule has 0 spiro atoms. The molecule has 1 unspecified atom stereocenters. The minimum absolute atomic E-state index is 0.130. The van der Waals surface area contributed by atoms with E-state index < -0.39 is 0 Å². The van der Waals surface area contributed by atoms with Gasteiger partial charge >= 0.3 is 0 Å². The molecule has 0 fully saturated rings. The van der Waals surface area contributed by atoms with E-state index >= 15 is 0 Å². The average Bonchev–Trinajstić information content (AvgIpc) is 2.33. The van der Waals surface area contributed by atoms with Crippen molar-refractivity contribution in [3.63, 3.8) is 0 Å². The Bertz CT molecular complexity index is 479. The average molecular weight is 233 g/mol. The molecule has 0 radical (unpaired) electrons. The van der Waals surface area contributed by atoms with Gasteiger partial charge in [-0.2, -0.15) is 0 Å². The first-order chi connectivity index (χ1) is 7.68. The van der Waals surface area contributed by atoms with E-state index in [9.17, 15) is 5.11 Å². The summed E-state index contributed by atoms with van der Waals surface area (Å²) in [5.41, 5.74) is 2.35. The van der Waals surface area contributed by atoms with Crippen molar-refractivity contribution in [3.05, 3.63) is 64.7 Å². The van der Waals surface area contributed by atoms with Gasteiger partial charge in [0.1, 0.15) is 5.75 Å². The summed E-state index contributed by atoms with van der Waals surface area (Å²) in [5, 5.41) is 9.77. The van der Waals surface area contributed by atoms with Crippen LogP contribution in [-0.2, 0) is 0 Å². The van der Waals surface area contributed by atoms with Crippen LogP contribution in [0, 0.1) is 0 Å². The maximum absolute atomic E-state index is 9.36. The first-order valence-corrected chi connectivity index (χ1v) is 5.59. The highest BCUT2D eigenvalue weighted by Gasteiger charge is 2.09. The van der Waals surface area contributed by atoms with Crippen LogP contribution in [-0.4, -0.2) is 5.11 Å². The number of hydrogen-bond acceptors (Lipinski definition) is 1. The molecule has 0 aliphatic carbocycles. The molecule has 0 heterocycles. The minimum Gasteiger partial charge on any atom is -0.506 e.